The summed E-state index contributed by atoms with van der Waals surface area (Å²) in [4.78, 5) is 17.5. The van der Waals surface area contributed by atoms with E-state index < -0.39 is 0 Å². The van der Waals surface area contributed by atoms with Gasteiger partial charge in [0.25, 0.3) is 0 Å². The number of amides is 1. The first kappa shape index (κ1) is 24.1. The summed E-state index contributed by atoms with van der Waals surface area (Å²) in [5, 5.41) is 6.37. The van der Waals surface area contributed by atoms with Gasteiger partial charge >= 0.3 is 0 Å². The summed E-state index contributed by atoms with van der Waals surface area (Å²) in [6.45, 7) is 9.47. The molecule has 7 nitrogen and oxygen atoms in total. The van der Waals surface area contributed by atoms with Gasteiger partial charge in [-0.15, -0.1) is 24.0 Å². The standard InChI is InChI=1S/C17H32N4O3.HI/c1-14(2)11-19-17(20-12-16(22)21(3)4)18-8-6-9-23-13-15-7-5-10-24-15;/h15H,1,5-13H2,2-4H3,(H2,18,19,20);1H. The van der Waals surface area contributed by atoms with Crippen LogP contribution in [-0.2, 0) is 14.3 Å². The smallest absolute Gasteiger partial charge is 0.243 e. The third kappa shape index (κ3) is 12.2. The lowest BCUT2D eigenvalue weighted by Crippen LogP contribution is -2.40. The number of carbonyl (C=O) groups excluding carboxylic acids is 1. The minimum Gasteiger partial charge on any atom is -0.379 e. The number of hydrogen-bond donors (Lipinski definition) is 2. The minimum atomic E-state index is -0.0358. The summed E-state index contributed by atoms with van der Waals surface area (Å²) >= 11 is 0. The van der Waals surface area contributed by atoms with Gasteiger partial charge < -0.3 is 25.0 Å². The van der Waals surface area contributed by atoms with Crippen LogP contribution in [0.3, 0.4) is 0 Å². The van der Waals surface area contributed by atoms with Crippen molar-refractivity contribution < 1.29 is 14.3 Å². The van der Waals surface area contributed by atoms with Gasteiger partial charge in [-0.1, -0.05) is 12.2 Å². The highest BCUT2D eigenvalue weighted by molar-refractivity contribution is 14.0. The van der Waals surface area contributed by atoms with Crippen LogP contribution in [0.2, 0.25) is 0 Å². The molecule has 1 atom stereocenters. The lowest BCUT2D eigenvalue weighted by molar-refractivity contribution is -0.127. The molecule has 1 rings (SSSR count). The van der Waals surface area contributed by atoms with Crippen molar-refractivity contribution >= 4 is 35.8 Å². The molecule has 0 radical (unpaired) electrons. The number of nitrogens with zero attached hydrogens (tertiary/aromatic N) is 2. The number of carbonyl (C=O) groups is 1. The molecule has 0 saturated carbocycles. The zero-order chi connectivity index (χ0) is 17.8. The summed E-state index contributed by atoms with van der Waals surface area (Å²) in [5.41, 5.74) is 1.00. The molecular weight excluding hydrogens is 435 g/mol. The van der Waals surface area contributed by atoms with Crippen LogP contribution in [0.1, 0.15) is 26.2 Å². The third-order valence-corrected chi connectivity index (χ3v) is 3.51. The van der Waals surface area contributed by atoms with Gasteiger partial charge in [-0.05, 0) is 26.2 Å². The number of guanidine groups is 1. The van der Waals surface area contributed by atoms with Crippen LogP contribution in [0.15, 0.2) is 17.1 Å². The van der Waals surface area contributed by atoms with E-state index in [1.165, 1.54) is 4.90 Å². The molecule has 1 aliphatic rings. The first-order chi connectivity index (χ1) is 11.5. The summed E-state index contributed by atoms with van der Waals surface area (Å²) in [5.74, 6) is 0.582. The molecule has 2 N–H and O–H groups in total. The van der Waals surface area contributed by atoms with Crippen LogP contribution in [0, 0.1) is 0 Å². The first-order valence-corrected chi connectivity index (χ1v) is 8.55. The topological polar surface area (TPSA) is 75.2 Å². The monoisotopic (exact) mass is 468 g/mol. The Labute approximate surface area is 168 Å². The molecule has 1 amide bonds. The highest BCUT2D eigenvalue weighted by atomic mass is 127. The number of aliphatic imine (C=N–C) groups is 1. The minimum absolute atomic E-state index is 0. The molecule has 0 aromatic rings. The van der Waals surface area contributed by atoms with Gasteiger partial charge in [0.1, 0.15) is 6.54 Å². The van der Waals surface area contributed by atoms with Gasteiger partial charge in [-0.3, -0.25) is 4.79 Å². The predicted octanol–water partition coefficient (Wildman–Crippen LogP) is 1.39. The lowest BCUT2D eigenvalue weighted by atomic mass is 10.2. The van der Waals surface area contributed by atoms with Gasteiger partial charge in [-0.25, -0.2) is 4.99 Å². The average molecular weight is 468 g/mol. The molecule has 146 valence electrons. The second kappa shape index (κ2) is 14.3. The Balaban J connectivity index is 0.00000576. The third-order valence-electron chi connectivity index (χ3n) is 3.51. The molecule has 1 heterocycles. The summed E-state index contributed by atoms with van der Waals surface area (Å²) in [6.07, 6.45) is 3.36. The zero-order valence-electron chi connectivity index (χ0n) is 15.7. The Bertz CT molecular complexity index is 424. The first-order valence-electron chi connectivity index (χ1n) is 8.55. The van der Waals surface area contributed by atoms with Crippen LogP contribution in [0.4, 0.5) is 0 Å². The Morgan fingerprint density at radius 2 is 2.16 bits per heavy atom. The van der Waals surface area contributed by atoms with E-state index in [1.54, 1.807) is 14.1 Å². The van der Waals surface area contributed by atoms with Crippen molar-refractivity contribution in [3.8, 4) is 0 Å². The molecule has 8 heteroatoms. The maximum absolute atomic E-state index is 11.6. The number of halogens is 1. The summed E-state index contributed by atoms with van der Waals surface area (Å²) in [7, 11) is 3.44. The second-order valence-corrected chi connectivity index (χ2v) is 6.25. The van der Waals surface area contributed by atoms with Crippen LogP contribution in [0.25, 0.3) is 0 Å². The molecule has 0 aromatic carbocycles. The van der Waals surface area contributed by atoms with E-state index in [-0.39, 0.29) is 42.5 Å². The number of likely N-dealkylation sites (N-methyl/N-ethyl adjacent to an activating group) is 1. The van der Waals surface area contributed by atoms with Crippen LogP contribution < -0.4 is 10.6 Å². The van der Waals surface area contributed by atoms with Crippen molar-refractivity contribution in [3.05, 3.63) is 12.2 Å². The normalized spacial score (nSPS) is 16.9. The highest BCUT2D eigenvalue weighted by Crippen LogP contribution is 2.11. The van der Waals surface area contributed by atoms with Crippen molar-refractivity contribution in [1.82, 2.24) is 15.5 Å². The molecule has 0 aromatic heterocycles. The molecule has 0 spiro atoms. The van der Waals surface area contributed by atoms with Crippen molar-refractivity contribution in [1.29, 1.82) is 0 Å². The molecule has 1 unspecified atom stereocenters. The van der Waals surface area contributed by atoms with Gasteiger partial charge in [-0.2, -0.15) is 0 Å². The van der Waals surface area contributed by atoms with Gasteiger partial charge in [0, 0.05) is 40.4 Å². The predicted molar refractivity (Wildman–Crippen MR) is 112 cm³/mol. The molecule has 25 heavy (non-hydrogen) atoms. The fourth-order valence-electron chi connectivity index (χ4n) is 2.07. The zero-order valence-corrected chi connectivity index (χ0v) is 18.0. The molecule has 0 aliphatic carbocycles. The van der Waals surface area contributed by atoms with E-state index in [0.29, 0.717) is 25.7 Å². The maximum Gasteiger partial charge on any atom is 0.243 e. The molecule has 0 bridgehead atoms. The quantitative estimate of drug-likeness (QED) is 0.167. The fourth-order valence-corrected chi connectivity index (χ4v) is 2.07. The van der Waals surface area contributed by atoms with Crippen LogP contribution in [0.5, 0.6) is 0 Å². The van der Waals surface area contributed by atoms with E-state index >= 15 is 0 Å². The molecule has 1 aliphatic heterocycles. The van der Waals surface area contributed by atoms with E-state index in [1.807, 2.05) is 6.92 Å². The van der Waals surface area contributed by atoms with Crippen LogP contribution >= 0.6 is 24.0 Å². The Morgan fingerprint density at radius 3 is 2.76 bits per heavy atom. The fraction of sp³-hybridized carbons (Fsp3) is 0.765. The van der Waals surface area contributed by atoms with Crippen molar-refractivity contribution in [2.75, 3.05) is 53.6 Å². The lowest BCUT2D eigenvalue weighted by Gasteiger charge is -2.14. The van der Waals surface area contributed by atoms with Crippen molar-refractivity contribution in [2.45, 2.75) is 32.3 Å². The van der Waals surface area contributed by atoms with Crippen LogP contribution in [-0.4, -0.2) is 76.4 Å². The van der Waals surface area contributed by atoms with Gasteiger partial charge in [0.15, 0.2) is 5.96 Å². The average Bonchev–Trinajstić information content (AvgIpc) is 3.05. The van der Waals surface area contributed by atoms with Gasteiger partial charge in [0.05, 0.1) is 12.7 Å². The number of nitrogens with one attached hydrogen (secondary N) is 2. The number of ether oxygens (including phenoxy) is 2. The van der Waals surface area contributed by atoms with E-state index in [2.05, 4.69) is 22.2 Å². The largest absolute Gasteiger partial charge is 0.379 e. The SMILES string of the molecule is C=C(C)CNC(=NCC(=O)N(C)C)NCCCOCC1CCCO1.I. The Kier molecular flexibility index (Phi) is 13.8. The maximum atomic E-state index is 11.6. The molecule has 1 saturated heterocycles. The van der Waals surface area contributed by atoms with E-state index in [0.717, 1.165) is 38.0 Å². The number of hydrogen-bond acceptors (Lipinski definition) is 4. The molecule has 1 fully saturated rings. The highest BCUT2D eigenvalue weighted by Gasteiger charge is 2.14. The summed E-state index contributed by atoms with van der Waals surface area (Å²) in [6, 6.07) is 0. The summed E-state index contributed by atoms with van der Waals surface area (Å²) < 4.78 is 11.1. The van der Waals surface area contributed by atoms with E-state index in [4.69, 9.17) is 9.47 Å². The second-order valence-electron chi connectivity index (χ2n) is 6.25. The number of rotatable bonds is 10. The van der Waals surface area contributed by atoms with Gasteiger partial charge in [0.2, 0.25) is 5.91 Å². The Hall–Kier alpha value is -0.870. The van der Waals surface area contributed by atoms with Crippen molar-refractivity contribution in [2.24, 2.45) is 4.99 Å². The van der Waals surface area contributed by atoms with Crippen molar-refractivity contribution in [3.63, 3.8) is 0 Å². The Morgan fingerprint density at radius 1 is 1.40 bits per heavy atom. The molecular formula is C17H33IN4O3. The van der Waals surface area contributed by atoms with E-state index in [9.17, 15) is 4.79 Å².